The van der Waals surface area contributed by atoms with Crippen molar-refractivity contribution in [3.8, 4) is 11.8 Å². The van der Waals surface area contributed by atoms with E-state index in [1.165, 1.54) is 0 Å². The zero-order valence-corrected chi connectivity index (χ0v) is 17.9. The average molecular weight is 382 g/mol. The molecule has 1 aromatic carbocycles. The van der Waals surface area contributed by atoms with Crippen LogP contribution < -0.4 is 5.32 Å². The predicted octanol–water partition coefficient (Wildman–Crippen LogP) is 3.72. The fourth-order valence-corrected chi connectivity index (χ4v) is 3.78. The fraction of sp³-hybridized carbons (Fsp3) is 0.542. The third kappa shape index (κ3) is 5.10. The van der Waals surface area contributed by atoms with Crippen molar-refractivity contribution in [2.24, 2.45) is 11.3 Å². The number of aryl methyl sites for hydroxylation is 2. The summed E-state index contributed by atoms with van der Waals surface area (Å²) in [5.41, 5.74) is 3.60. The SMILES string of the molecule is CC#Cc1cc(C)c(C2C(=O)CC(CC(=O)NCC(C)(C)C)C2=O)c(CC)c1. The minimum Gasteiger partial charge on any atom is -0.356 e. The molecule has 1 aromatic rings. The smallest absolute Gasteiger partial charge is 0.220 e. The van der Waals surface area contributed by atoms with Gasteiger partial charge in [-0.15, -0.1) is 5.92 Å². The van der Waals surface area contributed by atoms with Gasteiger partial charge >= 0.3 is 0 Å². The topological polar surface area (TPSA) is 63.2 Å². The Morgan fingerprint density at radius 3 is 2.50 bits per heavy atom. The Labute approximate surface area is 168 Å². The van der Waals surface area contributed by atoms with Crippen molar-refractivity contribution in [3.05, 3.63) is 34.4 Å². The highest BCUT2D eigenvalue weighted by molar-refractivity contribution is 6.15. The first-order valence-electron chi connectivity index (χ1n) is 9.96. The number of hydrogen-bond donors (Lipinski definition) is 1. The lowest BCUT2D eigenvalue weighted by Gasteiger charge is -2.19. The molecular formula is C24H31NO3. The summed E-state index contributed by atoms with van der Waals surface area (Å²) in [4.78, 5) is 38.1. The van der Waals surface area contributed by atoms with Crippen molar-refractivity contribution in [3.63, 3.8) is 0 Å². The normalized spacial score (nSPS) is 19.4. The third-order valence-corrected chi connectivity index (χ3v) is 5.12. The summed E-state index contributed by atoms with van der Waals surface area (Å²) in [6.07, 6.45) is 0.950. The molecule has 1 N–H and O–H groups in total. The number of carbonyl (C=O) groups excluding carboxylic acids is 3. The summed E-state index contributed by atoms with van der Waals surface area (Å²) >= 11 is 0. The molecule has 0 saturated heterocycles. The Morgan fingerprint density at radius 1 is 1.25 bits per heavy atom. The Hall–Kier alpha value is -2.41. The van der Waals surface area contributed by atoms with Crippen LogP contribution in [0.15, 0.2) is 12.1 Å². The summed E-state index contributed by atoms with van der Waals surface area (Å²) in [6.45, 7) is 12.4. The van der Waals surface area contributed by atoms with Gasteiger partial charge in [0, 0.05) is 30.9 Å². The average Bonchev–Trinajstić information content (AvgIpc) is 2.86. The molecular weight excluding hydrogens is 350 g/mol. The first-order valence-corrected chi connectivity index (χ1v) is 9.96. The zero-order valence-electron chi connectivity index (χ0n) is 17.9. The van der Waals surface area contributed by atoms with E-state index in [2.05, 4.69) is 17.2 Å². The van der Waals surface area contributed by atoms with Crippen LogP contribution >= 0.6 is 0 Å². The van der Waals surface area contributed by atoms with Crippen LogP contribution in [0.3, 0.4) is 0 Å². The van der Waals surface area contributed by atoms with Crippen molar-refractivity contribution >= 4 is 17.5 Å². The standard InChI is InChI=1S/C24H31NO3/c1-7-9-16-10-15(3)21(17(8-2)11-16)22-19(26)12-18(23(22)28)13-20(27)25-14-24(4,5)6/h10-11,18,22H,8,12-14H2,1-6H3,(H,25,27). The molecule has 28 heavy (non-hydrogen) atoms. The quantitative estimate of drug-likeness (QED) is 0.624. The fourth-order valence-electron chi connectivity index (χ4n) is 3.78. The molecule has 2 atom stereocenters. The molecule has 4 heteroatoms. The lowest BCUT2D eigenvalue weighted by atomic mass is 9.85. The van der Waals surface area contributed by atoms with Crippen molar-refractivity contribution in [1.29, 1.82) is 0 Å². The summed E-state index contributed by atoms with van der Waals surface area (Å²) in [7, 11) is 0. The molecule has 0 aliphatic heterocycles. The second-order valence-corrected chi connectivity index (χ2v) is 8.84. The van der Waals surface area contributed by atoms with Gasteiger partial charge in [0.1, 0.15) is 11.7 Å². The minimum absolute atomic E-state index is 0.0238. The first-order chi connectivity index (χ1) is 13.1. The lowest BCUT2D eigenvalue weighted by molar-refractivity contribution is -0.128. The van der Waals surface area contributed by atoms with Gasteiger partial charge in [-0.05, 0) is 54.5 Å². The molecule has 0 heterocycles. The van der Waals surface area contributed by atoms with Gasteiger partial charge in [-0.1, -0.05) is 33.6 Å². The number of rotatable bonds is 5. The Morgan fingerprint density at radius 2 is 1.93 bits per heavy atom. The van der Waals surface area contributed by atoms with Gasteiger partial charge in [0.2, 0.25) is 5.91 Å². The van der Waals surface area contributed by atoms with Crippen LogP contribution in [0, 0.1) is 30.1 Å². The molecule has 2 rings (SSSR count). The molecule has 1 amide bonds. The third-order valence-electron chi connectivity index (χ3n) is 5.12. The van der Waals surface area contributed by atoms with Gasteiger partial charge in [0.05, 0.1) is 0 Å². The first kappa shape index (κ1) is 21.9. The van der Waals surface area contributed by atoms with Gasteiger partial charge in [-0.3, -0.25) is 14.4 Å². The van der Waals surface area contributed by atoms with Crippen LogP contribution in [0.25, 0.3) is 0 Å². The highest BCUT2D eigenvalue weighted by Gasteiger charge is 2.44. The number of ketones is 2. The van der Waals surface area contributed by atoms with Crippen LogP contribution in [-0.4, -0.2) is 24.0 Å². The summed E-state index contributed by atoms with van der Waals surface area (Å²) in [6, 6.07) is 3.91. The molecule has 150 valence electrons. The molecule has 4 nitrogen and oxygen atoms in total. The molecule has 0 bridgehead atoms. The summed E-state index contributed by atoms with van der Waals surface area (Å²) in [5.74, 6) is 4.30. The summed E-state index contributed by atoms with van der Waals surface area (Å²) in [5, 5.41) is 2.88. The van der Waals surface area contributed by atoms with E-state index >= 15 is 0 Å². The van der Waals surface area contributed by atoms with E-state index in [0.717, 1.165) is 28.7 Å². The number of Topliss-reactive ketones (excluding diaryl/α,β-unsaturated/α-hetero) is 2. The molecule has 1 aliphatic rings. The van der Waals surface area contributed by atoms with Crippen LogP contribution in [0.5, 0.6) is 0 Å². The van der Waals surface area contributed by atoms with Crippen LogP contribution in [-0.2, 0) is 20.8 Å². The van der Waals surface area contributed by atoms with Crippen molar-refractivity contribution in [1.82, 2.24) is 5.32 Å². The molecule has 1 fully saturated rings. The van der Waals surface area contributed by atoms with Crippen LogP contribution in [0.1, 0.15) is 75.6 Å². The Balaban J connectivity index is 2.24. The van der Waals surface area contributed by atoms with Crippen molar-refractivity contribution in [2.45, 2.75) is 66.7 Å². The van der Waals surface area contributed by atoms with Gasteiger partial charge in [-0.2, -0.15) is 0 Å². The largest absolute Gasteiger partial charge is 0.356 e. The van der Waals surface area contributed by atoms with Gasteiger partial charge < -0.3 is 5.32 Å². The lowest BCUT2D eigenvalue weighted by Crippen LogP contribution is -2.34. The van der Waals surface area contributed by atoms with Gasteiger partial charge in [-0.25, -0.2) is 0 Å². The maximum Gasteiger partial charge on any atom is 0.220 e. The second-order valence-electron chi connectivity index (χ2n) is 8.84. The van der Waals surface area contributed by atoms with Gasteiger partial charge in [0.15, 0.2) is 5.78 Å². The monoisotopic (exact) mass is 381 g/mol. The predicted molar refractivity (Wildman–Crippen MR) is 111 cm³/mol. The highest BCUT2D eigenvalue weighted by Crippen LogP contribution is 2.37. The van der Waals surface area contributed by atoms with E-state index < -0.39 is 11.8 Å². The maximum absolute atomic E-state index is 13.1. The van der Waals surface area contributed by atoms with Gasteiger partial charge in [0.25, 0.3) is 0 Å². The van der Waals surface area contributed by atoms with Crippen molar-refractivity contribution < 1.29 is 14.4 Å². The molecule has 1 saturated carbocycles. The van der Waals surface area contributed by atoms with E-state index in [9.17, 15) is 14.4 Å². The molecule has 0 spiro atoms. The summed E-state index contributed by atoms with van der Waals surface area (Å²) < 4.78 is 0. The van der Waals surface area contributed by atoms with Crippen molar-refractivity contribution in [2.75, 3.05) is 6.54 Å². The highest BCUT2D eigenvalue weighted by atomic mass is 16.2. The molecule has 0 aromatic heterocycles. The van der Waals surface area contributed by atoms with E-state index in [1.807, 2.05) is 46.8 Å². The van der Waals surface area contributed by atoms with E-state index in [4.69, 9.17) is 0 Å². The molecule has 0 radical (unpaired) electrons. The van der Waals surface area contributed by atoms with E-state index in [-0.39, 0.29) is 35.7 Å². The Kier molecular flexibility index (Phi) is 6.82. The number of carbonyl (C=O) groups is 3. The zero-order chi connectivity index (χ0) is 21.1. The maximum atomic E-state index is 13.1. The van der Waals surface area contributed by atoms with E-state index in [0.29, 0.717) is 6.54 Å². The second kappa shape index (κ2) is 8.73. The number of hydrogen-bond acceptors (Lipinski definition) is 3. The number of amides is 1. The van der Waals surface area contributed by atoms with Crippen LogP contribution in [0.4, 0.5) is 0 Å². The van der Waals surface area contributed by atoms with Crippen LogP contribution in [0.2, 0.25) is 0 Å². The molecule has 2 unspecified atom stereocenters. The number of nitrogens with one attached hydrogen (secondary N) is 1. The Bertz CT molecular complexity index is 849. The number of benzene rings is 1. The minimum atomic E-state index is -0.751. The van der Waals surface area contributed by atoms with E-state index in [1.54, 1.807) is 6.92 Å². The molecule has 1 aliphatic carbocycles.